The number of benzene rings is 1. The number of piperidine rings is 2. The summed E-state index contributed by atoms with van der Waals surface area (Å²) in [5.74, 6) is 1.95. The number of nitrogens with zero attached hydrogens (tertiary/aromatic N) is 6. The van der Waals surface area contributed by atoms with Gasteiger partial charge in [0.2, 0.25) is 5.91 Å². The lowest BCUT2D eigenvalue weighted by molar-refractivity contribution is -0.125. The molecule has 2 aromatic heterocycles. The van der Waals surface area contributed by atoms with E-state index in [0.717, 1.165) is 68.3 Å². The van der Waals surface area contributed by atoms with Crippen molar-refractivity contribution in [3.8, 4) is 11.4 Å². The first-order valence-electron chi connectivity index (χ1n) is 12.7. The molecule has 8 nitrogen and oxygen atoms in total. The normalized spacial score (nSPS) is 17.9. The number of carbonyl (C=O) groups excluding carboxylic acids is 1. The highest BCUT2D eigenvalue weighted by Crippen LogP contribution is 2.24. The minimum Gasteiger partial charge on any atom is -0.356 e. The summed E-state index contributed by atoms with van der Waals surface area (Å²) in [5.41, 5.74) is 2.94. The van der Waals surface area contributed by atoms with Gasteiger partial charge in [-0.15, -0.1) is 15.3 Å². The summed E-state index contributed by atoms with van der Waals surface area (Å²) in [6, 6.07) is 12.2. The second-order valence-electron chi connectivity index (χ2n) is 9.66. The van der Waals surface area contributed by atoms with Crippen LogP contribution in [0.15, 0.2) is 36.4 Å². The highest BCUT2D eigenvalue weighted by Gasteiger charge is 2.26. The van der Waals surface area contributed by atoms with E-state index in [-0.39, 0.29) is 11.8 Å². The molecule has 4 heterocycles. The van der Waals surface area contributed by atoms with Gasteiger partial charge >= 0.3 is 0 Å². The third-order valence-corrected chi connectivity index (χ3v) is 7.15. The van der Waals surface area contributed by atoms with Crippen LogP contribution in [0.4, 0.5) is 5.82 Å². The number of carbonyl (C=O) groups is 1. The molecule has 1 aromatic carbocycles. The van der Waals surface area contributed by atoms with E-state index >= 15 is 0 Å². The molecule has 34 heavy (non-hydrogen) atoms. The van der Waals surface area contributed by atoms with E-state index in [2.05, 4.69) is 56.5 Å². The monoisotopic (exact) mass is 461 g/mol. The van der Waals surface area contributed by atoms with Crippen LogP contribution in [0.1, 0.15) is 44.1 Å². The second kappa shape index (κ2) is 10.5. The highest BCUT2D eigenvalue weighted by molar-refractivity contribution is 5.79. The fourth-order valence-corrected chi connectivity index (χ4v) is 5.04. The molecule has 180 valence electrons. The predicted molar refractivity (Wildman–Crippen MR) is 134 cm³/mol. The average Bonchev–Trinajstić information content (AvgIpc) is 3.31. The zero-order valence-electron chi connectivity index (χ0n) is 20.1. The smallest absolute Gasteiger partial charge is 0.223 e. The number of aryl methyl sites for hydroxylation is 1. The number of likely N-dealkylation sites (tertiary alicyclic amines) is 1. The number of amides is 1. The van der Waals surface area contributed by atoms with Crippen molar-refractivity contribution < 1.29 is 4.79 Å². The lowest BCUT2D eigenvalue weighted by Crippen LogP contribution is -2.41. The molecule has 5 rings (SSSR count). The van der Waals surface area contributed by atoms with Crippen molar-refractivity contribution in [1.82, 2.24) is 30.0 Å². The van der Waals surface area contributed by atoms with Crippen molar-refractivity contribution in [1.29, 1.82) is 0 Å². The summed E-state index contributed by atoms with van der Waals surface area (Å²) in [7, 11) is 0. The Morgan fingerprint density at radius 2 is 1.74 bits per heavy atom. The Morgan fingerprint density at radius 1 is 0.971 bits per heavy atom. The van der Waals surface area contributed by atoms with Gasteiger partial charge in [0, 0.05) is 31.1 Å². The van der Waals surface area contributed by atoms with Crippen LogP contribution in [0.5, 0.6) is 0 Å². The van der Waals surface area contributed by atoms with Crippen LogP contribution >= 0.6 is 0 Å². The number of fused-ring (bicyclic) bond motifs is 1. The first-order chi connectivity index (χ1) is 16.7. The molecular weight excluding hydrogens is 426 g/mol. The summed E-state index contributed by atoms with van der Waals surface area (Å²) in [6.07, 6.45) is 6.74. The van der Waals surface area contributed by atoms with Gasteiger partial charge in [-0.05, 0) is 70.8 Å². The van der Waals surface area contributed by atoms with Gasteiger partial charge in [0.1, 0.15) is 5.82 Å². The molecule has 1 amide bonds. The van der Waals surface area contributed by atoms with Crippen LogP contribution in [0.25, 0.3) is 17.0 Å². The number of hydrogen-bond donors (Lipinski definition) is 1. The highest BCUT2D eigenvalue weighted by atomic mass is 16.1. The summed E-state index contributed by atoms with van der Waals surface area (Å²) < 4.78 is 1.82. The van der Waals surface area contributed by atoms with Crippen molar-refractivity contribution in [3.63, 3.8) is 0 Å². The zero-order chi connectivity index (χ0) is 23.3. The topological polar surface area (TPSA) is 78.7 Å². The molecule has 0 spiro atoms. The van der Waals surface area contributed by atoms with E-state index in [4.69, 9.17) is 5.10 Å². The SMILES string of the molecule is Cc1ccc(-c2nnc3ccc(N4CCC(C(=O)NCCCN5CCCCC5)CC4)nn23)cc1. The minimum absolute atomic E-state index is 0.0907. The quantitative estimate of drug-likeness (QED) is 0.544. The number of anilines is 1. The van der Waals surface area contributed by atoms with Crippen molar-refractivity contribution >= 4 is 17.4 Å². The van der Waals surface area contributed by atoms with Crippen LogP contribution in [0, 0.1) is 12.8 Å². The fraction of sp³-hybridized carbons (Fsp3) is 0.538. The fourth-order valence-electron chi connectivity index (χ4n) is 5.04. The van der Waals surface area contributed by atoms with E-state index in [1.54, 1.807) is 0 Å². The number of aromatic nitrogens is 4. The Morgan fingerprint density at radius 3 is 2.50 bits per heavy atom. The van der Waals surface area contributed by atoms with Gasteiger partial charge in [-0.2, -0.15) is 4.52 Å². The van der Waals surface area contributed by atoms with E-state index in [0.29, 0.717) is 0 Å². The maximum Gasteiger partial charge on any atom is 0.223 e. The van der Waals surface area contributed by atoms with E-state index < -0.39 is 0 Å². The Bertz CT molecular complexity index is 1100. The van der Waals surface area contributed by atoms with Gasteiger partial charge in [0.05, 0.1) is 0 Å². The largest absolute Gasteiger partial charge is 0.356 e. The van der Waals surface area contributed by atoms with E-state index in [1.165, 1.54) is 37.9 Å². The molecule has 0 atom stereocenters. The molecule has 2 aliphatic heterocycles. The lowest BCUT2D eigenvalue weighted by Gasteiger charge is -2.32. The molecule has 8 heteroatoms. The van der Waals surface area contributed by atoms with Gasteiger partial charge in [0.25, 0.3) is 0 Å². The van der Waals surface area contributed by atoms with Crippen molar-refractivity contribution in [2.24, 2.45) is 5.92 Å². The standard InChI is InChI=1S/C26H35N7O/c1-20-6-8-21(9-7-20)25-29-28-23-10-11-24(30-33(23)25)32-18-12-22(13-19-32)26(34)27-14-5-17-31-15-3-2-4-16-31/h6-11,22H,2-5,12-19H2,1H3,(H,27,34). The molecule has 2 aliphatic rings. The Balaban J connectivity index is 1.14. The summed E-state index contributed by atoms with van der Waals surface area (Å²) in [5, 5.41) is 16.7. The van der Waals surface area contributed by atoms with Crippen molar-refractivity contribution in [3.05, 3.63) is 42.0 Å². The molecule has 0 aliphatic carbocycles. The third kappa shape index (κ3) is 5.22. The minimum atomic E-state index is 0.0907. The average molecular weight is 462 g/mol. The van der Waals surface area contributed by atoms with Gasteiger partial charge in [-0.25, -0.2) is 0 Å². The summed E-state index contributed by atoms with van der Waals surface area (Å²) >= 11 is 0. The molecule has 2 saturated heterocycles. The Hall–Kier alpha value is -3.00. The Kier molecular flexibility index (Phi) is 7.04. The molecule has 0 radical (unpaired) electrons. The molecule has 2 fully saturated rings. The summed E-state index contributed by atoms with van der Waals surface area (Å²) in [4.78, 5) is 17.5. The molecule has 0 bridgehead atoms. The third-order valence-electron chi connectivity index (χ3n) is 7.15. The Labute approximate surface area is 201 Å². The lowest BCUT2D eigenvalue weighted by atomic mass is 9.96. The van der Waals surface area contributed by atoms with Gasteiger partial charge in [0.15, 0.2) is 11.5 Å². The van der Waals surface area contributed by atoms with Crippen LogP contribution in [0.3, 0.4) is 0 Å². The zero-order valence-corrected chi connectivity index (χ0v) is 20.1. The van der Waals surface area contributed by atoms with Crippen LogP contribution in [-0.2, 0) is 4.79 Å². The van der Waals surface area contributed by atoms with Crippen molar-refractivity contribution in [2.45, 2.75) is 45.4 Å². The number of hydrogen-bond acceptors (Lipinski definition) is 6. The summed E-state index contributed by atoms with van der Waals surface area (Å²) in [6.45, 7) is 8.03. The molecule has 0 saturated carbocycles. The number of rotatable bonds is 7. The van der Waals surface area contributed by atoms with Gasteiger partial charge in [-0.1, -0.05) is 36.2 Å². The van der Waals surface area contributed by atoms with Gasteiger partial charge in [-0.3, -0.25) is 4.79 Å². The first kappa shape index (κ1) is 22.8. The van der Waals surface area contributed by atoms with Crippen molar-refractivity contribution in [2.75, 3.05) is 44.2 Å². The van der Waals surface area contributed by atoms with Gasteiger partial charge < -0.3 is 15.1 Å². The van der Waals surface area contributed by atoms with Crippen LogP contribution in [0.2, 0.25) is 0 Å². The van der Waals surface area contributed by atoms with E-state index in [9.17, 15) is 4.79 Å². The predicted octanol–water partition coefficient (Wildman–Crippen LogP) is 3.31. The molecule has 0 unspecified atom stereocenters. The first-order valence-corrected chi connectivity index (χ1v) is 12.7. The molecular formula is C26H35N7O. The molecule has 1 N–H and O–H groups in total. The van der Waals surface area contributed by atoms with Crippen LogP contribution < -0.4 is 10.2 Å². The maximum atomic E-state index is 12.7. The molecule has 3 aromatic rings. The number of nitrogens with one attached hydrogen (secondary N) is 1. The van der Waals surface area contributed by atoms with Crippen LogP contribution in [-0.4, -0.2) is 69.9 Å². The second-order valence-corrected chi connectivity index (χ2v) is 9.66. The maximum absolute atomic E-state index is 12.7. The van der Waals surface area contributed by atoms with E-state index in [1.807, 2.05) is 16.6 Å².